The van der Waals surface area contributed by atoms with Crippen molar-refractivity contribution in [2.24, 2.45) is 5.92 Å². The molecule has 0 bridgehead atoms. The molecule has 1 N–H and O–H groups in total. The fourth-order valence-electron chi connectivity index (χ4n) is 2.96. The van der Waals surface area contributed by atoms with Gasteiger partial charge in [-0.2, -0.15) is 0 Å². The Balaban J connectivity index is 1.61. The number of benzene rings is 1. The summed E-state index contributed by atoms with van der Waals surface area (Å²) in [5, 5.41) is 2.59. The van der Waals surface area contributed by atoms with E-state index < -0.39 is 0 Å². The molecule has 2 fully saturated rings. The monoisotopic (exact) mass is 328 g/mol. The van der Waals surface area contributed by atoms with Crippen LogP contribution in [0.5, 0.6) is 0 Å². The van der Waals surface area contributed by atoms with Crippen molar-refractivity contribution >= 4 is 17.9 Å². The van der Waals surface area contributed by atoms with E-state index in [1.54, 1.807) is 25.3 Å². The van der Waals surface area contributed by atoms with Crippen LogP contribution in [0, 0.1) is 5.92 Å². The highest BCUT2D eigenvalue weighted by atomic mass is 16.5. The Labute approximate surface area is 142 Å². The van der Waals surface area contributed by atoms with Crippen molar-refractivity contribution in [3.05, 3.63) is 41.5 Å². The van der Waals surface area contributed by atoms with Gasteiger partial charge in [-0.15, -0.1) is 0 Å². The maximum absolute atomic E-state index is 12.5. The minimum atomic E-state index is -0.111. The van der Waals surface area contributed by atoms with Gasteiger partial charge in [-0.1, -0.05) is 12.1 Å². The second-order valence-corrected chi connectivity index (χ2v) is 6.49. The van der Waals surface area contributed by atoms with Crippen molar-refractivity contribution in [3.63, 3.8) is 0 Å². The fraction of sp³-hybridized carbons (Fsp3) is 0.474. The first-order chi connectivity index (χ1) is 11.7. The van der Waals surface area contributed by atoms with E-state index in [4.69, 9.17) is 4.74 Å². The lowest BCUT2D eigenvalue weighted by molar-refractivity contribution is -0.127. The largest absolute Gasteiger partial charge is 0.381 e. The van der Waals surface area contributed by atoms with Crippen LogP contribution in [0.15, 0.2) is 30.3 Å². The Morgan fingerprint density at radius 2 is 2.00 bits per heavy atom. The van der Waals surface area contributed by atoms with Gasteiger partial charge in [0.15, 0.2) is 0 Å². The first-order valence-electron chi connectivity index (χ1n) is 8.56. The van der Waals surface area contributed by atoms with E-state index >= 15 is 0 Å². The number of hydrogen-bond donors (Lipinski definition) is 1. The Hall–Kier alpha value is -2.14. The summed E-state index contributed by atoms with van der Waals surface area (Å²) in [4.78, 5) is 26.1. The molecular formula is C19H24N2O3. The number of carbonyl (C=O) groups is 2. The van der Waals surface area contributed by atoms with Crippen molar-refractivity contribution in [1.82, 2.24) is 10.2 Å². The Bertz CT molecular complexity index is 614. The summed E-state index contributed by atoms with van der Waals surface area (Å²) in [6.45, 7) is 2.37. The van der Waals surface area contributed by atoms with Crippen LogP contribution in [0.3, 0.4) is 0 Å². The number of nitrogens with zero attached hydrogens (tertiary/aromatic N) is 1. The molecule has 1 saturated heterocycles. The van der Waals surface area contributed by atoms with E-state index in [9.17, 15) is 9.59 Å². The van der Waals surface area contributed by atoms with Crippen LogP contribution in [-0.2, 0) is 9.53 Å². The molecule has 0 radical (unpaired) electrons. The molecule has 2 aliphatic rings. The van der Waals surface area contributed by atoms with E-state index in [1.165, 1.54) is 0 Å². The fourth-order valence-corrected chi connectivity index (χ4v) is 2.96. The van der Waals surface area contributed by atoms with Gasteiger partial charge in [-0.05, 0) is 43.0 Å². The highest BCUT2D eigenvalue weighted by Gasteiger charge is 2.33. The van der Waals surface area contributed by atoms with Gasteiger partial charge in [0.25, 0.3) is 5.91 Å². The second kappa shape index (κ2) is 7.62. The number of nitrogens with one attached hydrogen (secondary N) is 1. The lowest BCUT2D eigenvalue weighted by Crippen LogP contribution is -2.36. The summed E-state index contributed by atoms with van der Waals surface area (Å²) in [7, 11) is 1.61. The highest BCUT2D eigenvalue weighted by Crippen LogP contribution is 2.29. The summed E-state index contributed by atoms with van der Waals surface area (Å²) < 4.78 is 5.42. The average Bonchev–Trinajstić information content (AvgIpc) is 3.33. The minimum absolute atomic E-state index is 0.0692. The lowest BCUT2D eigenvalue weighted by atomic mass is 10.1. The highest BCUT2D eigenvalue weighted by molar-refractivity contribution is 5.95. The molecule has 1 unspecified atom stereocenters. The Morgan fingerprint density at radius 1 is 1.25 bits per heavy atom. The van der Waals surface area contributed by atoms with Crippen molar-refractivity contribution in [2.75, 3.05) is 26.8 Å². The molecule has 24 heavy (non-hydrogen) atoms. The van der Waals surface area contributed by atoms with E-state index in [0.29, 0.717) is 17.5 Å². The molecule has 1 heterocycles. The molecule has 0 spiro atoms. The van der Waals surface area contributed by atoms with Gasteiger partial charge >= 0.3 is 0 Å². The molecule has 3 rings (SSSR count). The summed E-state index contributed by atoms with van der Waals surface area (Å²) in [5.41, 5.74) is 1.53. The van der Waals surface area contributed by atoms with Crippen molar-refractivity contribution in [1.29, 1.82) is 0 Å². The van der Waals surface area contributed by atoms with Crippen LogP contribution in [0.25, 0.3) is 6.08 Å². The molecule has 1 aromatic rings. The van der Waals surface area contributed by atoms with E-state index in [-0.39, 0.29) is 11.8 Å². The third-order valence-electron chi connectivity index (χ3n) is 4.57. The molecule has 1 atom stereocenters. The number of rotatable bonds is 6. The molecule has 1 aliphatic heterocycles. The van der Waals surface area contributed by atoms with Gasteiger partial charge in [0.2, 0.25) is 5.91 Å². The van der Waals surface area contributed by atoms with Gasteiger partial charge in [0.1, 0.15) is 0 Å². The third kappa shape index (κ3) is 4.23. The zero-order valence-corrected chi connectivity index (χ0v) is 14.0. The molecule has 1 saturated carbocycles. The predicted octanol–water partition coefficient (Wildman–Crippen LogP) is 2.09. The summed E-state index contributed by atoms with van der Waals surface area (Å²) in [6, 6.07) is 7.62. The minimum Gasteiger partial charge on any atom is -0.381 e. The summed E-state index contributed by atoms with van der Waals surface area (Å²) in [5.74, 6) is 0.426. The van der Waals surface area contributed by atoms with Gasteiger partial charge in [0.05, 0.1) is 6.61 Å². The maximum atomic E-state index is 12.5. The van der Waals surface area contributed by atoms with Gasteiger partial charge in [0, 0.05) is 43.8 Å². The standard InChI is InChI=1S/C19H24N2O3/c1-20-19(23)16-5-2-14(3-6-16)4-9-18(22)21(17-7-8-17)12-15-10-11-24-13-15/h2-6,9,15,17H,7-8,10-13H2,1H3,(H,20,23)/b9-4+. The van der Waals surface area contributed by atoms with Crippen LogP contribution in [-0.4, -0.2) is 49.6 Å². The van der Waals surface area contributed by atoms with Crippen LogP contribution in [0.1, 0.15) is 35.2 Å². The normalized spacial score (nSPS) is 20.3. The van der Waals surface area contributed by atoms with Gasteiger partial charge < -0.3 is 15.0 Å². The molecule has 1 aromatic carbocycles. The molecule has 2 amide bonds. The first-order valence-corrected chi connectivity index (χ1v) is 8.56. The average molecular weight is 328 g/mol. The van der Waals surface area contributed by atoms with Gasteiger partial charge in [-0.3, -0.25) is 9.59 Å². The Kier molecular flexibility index (Phi) is 5.30. The molecular weight excluding hydrogens is 304 g/mol. The molecule has 1 aliphatic carbocycles. The second-order valence-electron chi connectivity index (χ2n) is 6.49. The SMILES string of the molecule is CNC(=O)c1ccc(/C=C/C(=O)N(CC2CCOC2)C2CC2)cc1. The quantitative estimate of drug-likeness (QED) is 0.814. The molecule has 5 heteroatoms. The molecule has 5 nitrogen and oxygen atoms in total. The lowest BCUT2D eigenvalue weighted by Gasteiger charge is -2.23. The van der Waals surface area contributed by atoms with E-state index in [0.717, 1.165) is 44.6 Å². The smallest absolute Gasteiger partial charge is 0.251 e. The van der Waals surface area contributed by atoms with E-state index in [1.807, 2.05) is 23.1 Å². The topological polar surface area (TPSA) is 58.6 Å². The van der Waals surface area contributed by atoms with Crippen LogP contribution in [0.2, 0.25) is 0 Å². The van der Waals surface area contributed by atoms with Crippen molar-refractivity contribution < 1.29 is 14.3 Å². The van der Waals surface area contributed by atoms with Crippen molar-refractivity contribution in [3.8, 4) is 0 Å². The molecule has 0 aromatic heterocycles. The summed E-state index contributed by atoms with van der Waals surface area (Å²) >= 11 is 0. The third-order valence-corrected chi connectivity index (χ3v) is 4.57. The van der Waals surface area contributed by atoms with Gasteiger partial charge in [-0.25, -0.2) is 0 Å². The number of amides is 2. The predicted molar refractivity (Wildman–Crippen MR) is 92.5 cm³/mol. The first kappa shape index (κ1) is 16.7. The maximum Gasteiger partial charge on any atom is 0.251 e. The van der Waals surface area contributed by atoms with Crippen molar-refractivity contribution in [2.45, 2.75) is 25.3 Å². The number of ether oxygens (including phenoxy) is 1. The van der Waals surface area contributed by atoms with Crippen LogP contribution >= 0.6 is 0 Å². The Morgan fingerprint density at radius 3 is 2.58 bits per heavy atom. The zero-order chi connectivity index (χ0) is 16.9. The van der Waals surface area contributed by atoms with Crippen LogP contribution < -0.4 is 5.32 Å². The van der Waals surface area contributed by atoms with Crippen LogP contribution in [0.4, 0.5) is 0 Å². The zero-order valence-electron chi connectivity index (χ0n) is 14.0. The number of carbonyl (C=O) groups excluding carboxylic acids is 2. The molecule has 128 valence electrons. The summed E-state index contributed by atoms with van der Waals surface area (Å²) in [6.07, 6.45) is 6.71. The van der Waals surface area contributed by atoms with E-state index in [2.05, 4.69) is 5.32 Å². The number of hydrogen-bond acceptors (Lipinski definition) is 3.